The van der Waals surface area contributed by atoms with Gasteiger partial charge in [-0.15, -0.1) is 0 Å². The molecule has 0 bridgehead atoms. The molecule has 0 unspecified atom stereocenters. The molecule has 1 aromatic carbocycles. The van der Waals surface area contributed by atoms with Crippen LogP contribution in [-0.4, -0.2) is 36.4 Å². The lowest BCUT2D eigenvalue weighted by Crippen LogP contribution is -2.40. The third kappa shape index (κ3) is 3.95. The average molecular weight is 455 g/mol. The van der Waals surface area contributed by atoms with Crippen LogP contribution >= 0.6 is 0 Å². The van der Waals surface area contributed by atoms with E-state index in [0.29, 0.717) is 35.3 Å². The van der Waals surface area contributed by atoms with Crippen molar-refractivity contribution in [3.8, 4) is 5.75 Å². The molecule has 3 heterocycles. The predicted molar refractivity (Wildman–Crippen MR) is 111 cm³/mol. The van der Waals surface area contributed by atoms with E-state index in [1.165, 1.54) is 23.0 Å². The molecule has 3 aromatic heterocycles. The highest BCUT2D eigenvalue weighted by molar-refractivity contribution is 5.76. The molecule has 0 atom stereocenters. The summed E-state index contributed by atoms with van der Waals surface area (Å²) < 4.78 is 35.6. The van der Waals surface area contributed by atoms with E-state index in [4.69, 9.17) is 4.52 Å². The van der Waals surface area contributed by atoms with Crippen LogP contribution < -0.4 is 10.3 Å². The maximum absolute atomic E-state index is 12.8. The number of halogens is 2. The molecule has 170 valence electrons. The number of aryl methyl sites for hydroxylation is 1. The van der Waals surface area contributed by atoms with Gasteiger partial charge in [0.25, 0.3) is 5.56 Å². The van der Waals surface area contributed by atoms with E-state index >= 15 is 0 Å². The molecule has 1 aliphatic rings. The fraction of sp³-hybridized carbons (Fsp3) is 0.318. The molecule has 11 heteroatoms. The Morgan fingerprint density at radius 2 is 2.00 bits per heavy atom. The van der Waals surface area contributed by atoms with E-state index < -0.39 is 12.2 Å². The summed E-state index contributed by atoms with van der Waals surface area (Å²) in [6.07, 6.45) is 3.70. The molecule has 4 aromatic rings. The van der Waals surface area contributed by atoms with Crippen LogP contribution in [0.4, 0.5) is 8.78 Å². The Bertz CT molecular complexity index is 1360. The summed E-state index contributed by atoms with van der Waals surface area (Å²) in [5.74, 6) is 0.577. The Hall–Kier alpha value is -3.73. The number of alkyl halides is 2. The summed E-state index contributed by atoms with van der Waals surface area (Å²) in [6.45, 7) is -1.02. The second kappa shape index (κ2) is 8.00. The topological polar surface area (TPSA) is 116 Å². The molecule has 0 radical (unpaired) electrons. The van der Waals surface area contributed by atoms with Crippen molar-refractivity contribution in [1.82, 2.24) is 24.7 Å². The van der Waals surface area contributed by atoms with Crippen molar-refractivity contribution in [1.29, 1.82) is 0 Å². The first-order valence-corrected chi connectivity index (χ1v) is 10.2. The SMILES string of the molecule is Cc1ccnc2ncn(Cc3nc(C4CC(O)(c5ccc(OC(F)F)cc5)C4)no3)c(=O)c12. The largest absolute Gasteiger partial charge is 0.435 e. The molecule has 0 spiro atoms. The van der Waals surface area contributed by atoms with E-state index in [0.717, 1.165) is 5.56 Å². The fourth-order valence-corrected chi connectivity index (χ4v) is 4.10. The van der Waals surface area contributed by atoms with Crippen molar-refractivity contribution >= 4 is 11.0 Å². The summed E-state index contributed by atoms with van der Waals surface area (Å²) in [4.78, 5) is 25.5. The maximum Gasteiger partial charge on any atom is 0.387 e. The highest BCUT2D eigenvalue weighted by atomic mass is 19.3. The normalized spacial score (nSPS) is 20.2. The number of fused-ring (bicyclic) bond motifs is 1. The van der Waals surface area contributed by atoms with Crippen LogP contribution in [0.1, 0.15) is 41.6 Å². The Morgan fingerprint density at radius 1 is 1.24 bits per heavy atom. The molecule has 33 heavy (non-hydrogen) atoms. The van der Waals surface area contributed by atoms with Gasteiger partial charge in [0, 0.05) is 12.1 Å². The number of rotatable bonds is 6. The summed E-state index contributed by atoms with van der Waals surface area (Å²) >= 11 is 0. The highest BCUT2D eigenvalue weighted by Crippen LogP contribution is 2.50. The second-order valence-corrected chi connectivity index (χ2v) is 8.09. The standard InChI is InChI=1S/C22H19F2N5O4/c1-12-6-7-25-19-17(12)20(30)29(11-26-19)10-16-27-18(28-33-16)13-8-22(31,9-13)14-2-4-15(5-3-14)32-21(23)24/h2-7,11,13,21,31H,8-10H2,1H3. The lowest BCUT2D eigenvalue weighted by Gasteiger charge is -2.42. The van der Waals surface area contributed by atoms with E-state index in [1.54, 1.807) is 24.4 Å². The van der Waals surface area contributed by atoms with Gasteiger partial charge in [0.2, 0.25) is 5.89 Å². The quantitative estimate of drug-likeness (QED) is 0.472. The monoisotopic (exact) mass is 455 g/mol. The van der Waals surface area contributed by atoms with Crippen LogP contribution in [0.2, 0.25) is 0 Å². The van der Waals surface area contributed by atoms with Gasteiger partial charge in [-0.3, -0.25) is 9.36 Å². The van der Waals surface area contributed by atoms with E-state index in [1.807, 2.05) is 6.92 Å². The lowest BCUT2D eigenvalue weighted by molar-refractivity contribution is -0.0579. The Kier molecular flexibility index (Phi) is 5.12. The number of aromatic nitrogens is 5. The molecule has 0 saturated heterocycles. The summed E-state index contributed by atoms with van der Waals surface area (Å²) in [5.41, 5.74) is 0.397. The molecule has 1 saturated carbocycles. The second-order valence-electron chi connectivity index (χ2n) is 8.09. The van der Waals surface area contributed by atoms with Crippen LogP contribution in [0.25, 0.3) is 11.0 Å². The average Bonchev–Trinajstić information content (AvgIpc) is 3.22. The van der Waals surface area contributed by atoms with Gasteiger partial charge < -0.3 is 14.4 Å². The van der Waals surface area contributed by atoms with Gasteiger partial charge in [-0.05, 0) is 49.1 Å². The molecule has 9 nitrogen and oxygen atoms in total. The molecular formula is C22H19F2N5O4. The van der Waals surface area contributed by atoms with E-state index in [2.05, 4.69) is 24.8 Å². The van der Waals surface area contributed by atoms with Crippen LogP contribution in [0, 0.1) is 6.92 Å². The first-order chi connectivity index (χ1) is 15.8. The van der Waals surface area contributed by atoms with Crippen molar-refractivity contribution in [2.45, 2.75) is 44.4 Å². The van der Waals surface area contributed by atoms with Crippen molar-refractivity contribution in [3.63, 3.8) is 0 Å². The van der Waals surface area contributed by atoms with E-state index in [9.17, 15) is 18.7 Å². The molecule has 1 aliphatic carbocycles. The number of pyridine rings is 1. The van der Waals surface area contributed by atoms with Crippen molar-refractivity contribution in [2.24, 2.45) is 0 Å². The maximum atomic E-state index is 12.8. The summed E-state index contributed by atoms with van der Waals surface area (Å²) in [7, 11) is 0. The first-order valence-electron chi connectivity index (χ1n) is 10.2. The molecular weight excluding hydrogens is 436 g/mol. The van der Waals surface area contributed by atoms with Crippen LogP contribution in [0.5, 0.6) is 5.75 Å². The number of benzene rings is 1. The van der Waals surface area contributed by atoms with Crippen molar-refractivity contribution < 1.29 is 23.1 Å². The minimum absolute atomic E-state index is 0.0282. The van der Waals surface area contributed by atoms with Gasteiger partial charge in [0.1, 0.15) is 18.6 Å². The number of aliphatic hydroxyl groups is 1. The minimum atomic E-state index is -2.90. The molecule has 5 rings (SSSR count). The van der Waals surface area contributed by atoms with Crippen molar-refractivity contribution in [2.75, 3.05) is 0 Å². The smallest absolute Gasteiger partial charge is 0.387 e. The lowest BCUT2D eigenvalue weighted by atomic mass is 9.67. The van der Waals surface area contributed by atoms with Crippen LogP contribution in [0.3, 0.4) is 0 Å². The zero-order chi connectivity index (χ0) is 23.2. The third-order valence-electron chi connectivity index (χ3n) is 5.87. The molecule has 1 N–H and O–H groups in total. The minimum Gasteiger partial charge on any atom is -0.435 e. The van der Waals surface area contributed by atoms with E-state index in [-0.39, 0.29) is 29.7 Å². The number of hydrogen-bond acceptors (Lipinski definition) is 8. The fourth-order valence-electron chi connectivity index (χ4n) is 4.10. The number of hydrogen-bond donors (Lipinski definition) is 1. The van der Waals surface area contributed by atoms with Gasteiger partial charge >= 0.3 is 6.61 Å². The summed E-state index contributed by atoms with van der Waals surface area (Å²) in [5, 5.41) is 15.3. The molecule has 0 amide bonds. The Labute approximate surface area is 185 Å². The van der Waals surface area contributed by atoms with Gasteiger partial charge in [-0.1, -0.05) is 17.3 Å². The molecule has 1 fully saturated rings. The molecule has 0 aliphatic heterocycles. The van der Waals surface area contributed by atoms with Crippen LogP contribution in [0.15, 0.2) is 52.2 Å². The van der Waals surface area contributed by atoms with Gasteiger partial charge in [0.15, 0.2) is 11.5 Å². The Balaban J connectivity index is 1.28. The third-order valence-corrected chi connectivity index (χ3v) is 5.87. The van der Waals surface area contributed by atoms with Crippen LogP contribution in [-0.2, 0) is 12.1 Å². The zero-order valence-corrected chi connectivity index (χ0v) is 17.5. The number of nitrogens with zero attached hydrogens (tertiary/aromatic N) is 5. The first kappa shape index (κ1) is 21.1. The highest BCUT2D eigenvalue weighted by Gasteiger charge is 2.46. The van der Waals surface area contributed by atoms with Gasteiger partial charge in [-0.25, -0.2) is 9.97 Å². The van der Waals surface area contributed by atoms with Gasteiger partial charge in [0.05, 0.1) is 11.0 Å². The van der Waals surface area contributed by atoms with Gasteiger partial charge in [-0.2, -0.15) is 13.8 Å². The zero-order valence-electron chi connectivity index (χ0n) is 17.5. The number of ether oxygens (including phenoxy) is 1. The predicted octanol–water partition coefficient (Wildman–Crippen LogP) is 2.90. The Morgan fingerprint density at radius 3 is 2.73 bits per heavy atom. The van der Waals surface area contributed by atoms with Crippen molar-refractivity contribution in [3.05, 3.63) is 76.1 Å². The summed E-state index contributed by atoms with van der Waals surface area (Å²) in [6, 6.07) is 7.66.